The summed E-state index contributed by atoms with van der Waals surface area (Å²) in [7, 11) is 1.67. The molecule has 0 aromatic carbocycles. The lowest BCUT2D eigenvalue weighted by atomic mass is 10.3. The zero-order valence-electron chi connectivity index (χ0n) is 11.4. The van der Waals surface area contributed by atoms with Crippen LogP contribution in [0.3, 0.4) is 0 Å². The number of hydrogen-bond donors (Lipinski definition) is 1. The summed E-state index contributed by atoms with van der Waals surface area (Å²) in [5.41, 5.74) is 0.101. The first-order chi connectivity index (χ1) is 10.1. The van der Waals surface area contributed by atoms with Gasteiger partial charge in [-0.2, -0.15) is 0 Å². The van der Waals surface area contributed by atoms with Gasteiger partial charge in [0, 0.05) is 13.2 Å². The Morgan fingerprint density at radius 3 is 2.86 bits per heavy atom. The number of pyridine rings is 1. The number of nitrogens with zero attached hydrogens (tertiary/aromatic N) is 2. The Bertz CT molecular complexity index is 628. The lowest BCUT2D eigenvalue weighted by molar-refractivity contribution is -0.127. The van der Waals surface area contributed by atoms with Crippen LogP contribution in [0, 0.1) is 0 Å². The van der Waals surface area contributed by atoms with Gasteiger partial charge < -0.3 is 14.4 Å². The Morgan fingerprint density at radius 1 is 1.38 bits per heavy atom. The smallest absolute Gasteiger partial charge is 0.338 e. The molecular weight excluding hydrogens is 292 g/mol. The van der Waals surface area contributed by atoms with Gasteiger partial charge in [0.15, 0.2) is 0 Å². The van der Waals surface area contributed by atoms with Gasteiger partial charge in [-0.1, -0.05) is 11.8 Å². The van der Waals surface area contributed by atoms with Crippen molar-refractivity contribution in [3.8, 4) is 0 Å². The largest absolute Gasteiger partial charge is 0.478 e. The van der Waals surface area contributed by atoms with Crippen LogP contribution < -0.4 is 0 Å². The SMILES string of the molecule is CN(Cc1ccco1)C(=O)CSc1ncccc1C(=O)O. The van der Waals surface area contributed by atoms with Crippen LogP contribution >= 0.6 is 11.8 Å². The van der Waals surface area contributed by atoms with Gasteiger partial charge in [-0.25, -0.2) is 9.78 Å². The van der Waals surface area contributed by atoms with E-state index < -0.39 is 5.97 Å². The first kappa shape index (κ1) is 15.1. The summed E-state index contributed by atoms with van der Waals surface area (Å²) in [6.07, 6.45) is 3.06. The number of carboxylic acid groups (broad SMARTS) is 1. The van der Waals surface area contributed by atoms with Gasteiger partial charge >= 0.3 is 5.97 Å². The molecule has 0 fully saturated rings. The van der Waals surface area contributed by atoms with E-state index in [0.717, 1.165) is 11.8 Å². The fourth-order valence-electron chi connectivity index (χ4n) is 1.63. The second kappa shape index (κ2) is 6.94. The van der Waals surface area contributed by atoms with Crippen LogP contribution in [0.25, 0.3) is 0 Å². The average Bonchev–Trinajstić information content (AvgIpc) is 2.97. The molecule has 2 rings (SSSR count). The minimum Gasteiger partial charge on any atom is -0.478 e. The molecule has 2 aromatic heterocycles. The predicted molar refractivity (Wildman–Crippen MR) is 77.1 cm³/mol. The molecule has 2 heterocycles. The van der Waals surface area contributed by atoms with Gasteiger partial charge in [-0.15, -0.1) is 0 Å². The Hall–Kier alpha value is -2.28. The van der Waals surface area contributed by atoms with E-state index in [1.54, 1.807) is 31.5 Å². The van der Waals surface area contributed by atoms with Crippen molar-refractivity contribution in [1.82, 2.24) is 9.88 Å². The zero-order chi connectivity index (χ0) is 15.2. The minimum absolute atomic E-state index is 0.101. The van der Waals surface area contributed by atoms with Crippen molar-refractivity contribution in [3.05, 3.63) is 48.0 Å². The Kier molecular flexibility index (Phi) is 4.99. The molecule has 0 aliphatic rings. The summed E-state index contributed by atoms with van der Waals surface area (Å²) in [5, 5.41) is 9.39. The number of aromatic nitrogens is 1. The molecule has 21 heavy (non-hydrogen) atoms. The summed E-state index contributed by atoms with van der Waals surface area (Å²) in [4.78, 5) is 28.6. The molecule has 110 valence electrons. The van der Waals surface area contributed by atoms with Crippen LogP contribution in [-0.2, 0) is 11.3 Å². The van der Waals surface area contributed by atoms with Gasteiger partial charge in [-0.05, 0) is 24.3 Å². The van der Waals surface area contributed by atoms with Gasteiger partial charge in [0.25, 0.3) is 0 Å². The molecule has 0 spiro atoms. The van der Waals surface area contributed by atoms with Crippen LogP contribution in [-0.4, -0.2) is 39.7 Å². The quantitative estimate of drug-likeness (QED) is 0.823. The molecule has 1 N–H and O–H groups in total. The van der Waals surface area contributed by atoms with Crippen LogP contribution in [0.4, 0.5) is 0 Å². The third kappa shape index (κ3) is 4.09. The van der Waals surface area contributed by atoms with Crippen LogP contribution in [0.5, 0.6) is 0 Å². The Morgan fingerprint density at radius 2 is 2.19 bits per heavy atom. The van der Waals surface area contributed by atoms with Crippen LogP contribution in [0.2, 0.25) is 0 Å². The van der Waals surface area contributed by atoms with E-state index in [2.05, 4.69) is 4.98 Å². The molecule has 1 amide bonds. The highest BCUT2D eigenvalue weighted by Gasteiger charge is 2.15. The molecule has 0 aliphatic carbocycles. The van der Waals surface area contributed by atoms with E-state index in [1.165, 1.54) is 17.2 Å². The molecule has 0 unspecified atom stereocenters. The Balaban J connectivity index is 1.93. The number of hydrogen-bond acceptors (Lipinski definition) is 5. The molecule has 0 saturated heterocycles. The second-order valence-corrected chi connectivity index (χ2v) is 5.24. The lowest BCUT2D eigenvalue weighted by Gasteiger charge is -2.15. The molecule has 0 radical (unpaired) electrons. The van der Waals surface area contributed by atoms with Gasteiger partial charge in [0.2, 0.25) is 5.91 Å². The fraction of sp³-hybridized carbons (Fsp3) is 0.214. The number of thioether (sulfide) groups is 1. The molecule has 6 nitrogen and oxygen atoms in total. The van der Waals surface area contributed by atoms with Crippen LogP contribution in [0.1, 0.15) is 16.1 Å². The summed E-state index contributed by atoms with van der Waals surface area (Å²) in [5.74, 6) is -0.366. The molecule has 2 aromatic rings. The molecule has 0 bridgehead atoms. The van der Waals surface area contributed by atoms with Crippen molar-refractivity contribution in [3.63, 3.8) is 0 Å². The molecular formula is C14H14N2O4S. The first-order valence-electron chi connectivity index (χ1n) is 6.15. The predicted octanol–water partition coefficient (Wildman–Crippen LogP) is 2.12. The third-order valence-electron chi connectivity index (χ3n) is 2.73. The van der Waals surface area contributed by atoms with Crippen molar-refractivity contribution in [1.29, 1.82) is 0 Å². The summed E-state index contributed by atoms with van der Waals surface area (Å²) < 4.78 is 5.18. The number of rotatable bonds is 6. The van der Waals surface area contributed by atoms with E-state index in [1.807, 2.05) is 0 Å². The highest BCUT2D eigenvalue weighted by molar-refractivity contribution is 8.00. The highest BCUT2D eigenvalue weighted by Crippen LogP contribution is 2.20. The van der Waals surface area contributed by atoms with E-state index in [-0.39, 0.29) is 17.2 Å². The van der Waals surface area contributed by atoms with Crippen molar-refractivity contribution in [2.75, 3.05) is 12.8 Å². The van der Waals surface area contributed by atoms with Crippen molar-refractivity contribution in [2.45, 2.75) is 11.6 Å². The molecule has 0 aliphatic heterocycles. The zero-order valence-corrected chi connectivity index (χ0v) is 12.2. The highest BCUT2D eigenvalue weighted by atomic mass is 32.2. The number of aromatic carboxylic acids is 1. The number of carbonyl (C=O) groups excluding carboxylic acids is 1. The van der Waals surface area contributed by atoms with Gasteiger partial charge in [0.05, 0.1) is 24.1 Å². The summed E-state index contributed by atoms with van der Waals surface area (Å²) in [6.45, 7) is 0.375. The minimum atomic E-state index is -1.05. The maximum atomic E-state index is 12.0. The average molecular weight is 306 g/mol. The van der Waals surface area contributed by atoms with Crippen molar-refractivity contribution >= 4 is 23.6 Å². The van der Waals surface area contributed by atoms with Gasteiger partial charge in [-0.3, -0.25) is 4.79 Å². The van der Waals surface area contributed by atoms with Crippen molar-refractivity contribution < 1.29 is 19.1 Å². The third-order valence-corrected chi connectivity index (χ3v) is 3.72. The van der Waals surface area contributed by atoms with E-state index >= 15 is 0 Å². The van der Waals surface area contributed by atoms with Crippen molar-refractivity contribution in [2.24, 2.45) is 0 Å². The molecule has 7 heteroatoms. The summed E-state index contributed by atoms with van der Waals surface area (Å²) >= 11 is 1.11. The number of furan rings is 1. The fourth-order valence-corrected chi connectivity index (χ4v) is 2.56. The monoisotopic (exact) mass is 306 g/mol. The number of amides is 1. The standard InChI is InChI=1S/C14H14N2O4S/c1-16(8-10-4-3-7-20-10)12(17)9-21-13-11(14(18)19)5-2-6-15-13/h2-7H,8-9H2,1H3,(H,18,19). The van der Waals surface area contributed by atoms with Gasteiger partial charge in [0.1, 0.15) is 10.8 Å². The maximum Gasteiger partial charge on any atom is 0.338 e. The second-order valence-electron chi connectivity index (χ2n) is 4.28. The number of carbonyl (C=O) groups is 2. The normalized spacial score (nSPS) is 10.3. The topological polar surface area (TPSA) is 83.6 Å². The lowest BCUT2D eigenvalue weighted by Crippen LogP contribution is -2.27. The summed E-state index contributed by atoms with van der Waals surface area (Å²) in [6, 6.07) is 6.57. The van der Waals surface area contributed by atoms with E-state index in [0.29, 0.717) is 17.3 Å². The van der Waals surface area contributed by atoms with E-state index in [4.69, 9.17) is 9.52 Å². The van der Waals surface area contributed by atoms with Crippen LogP contribution in [0.15, 0.2) is 46.2 Å². The first-order valence-corrected chi connectivity index (χ1v) is 7.14. The molecule has 0 saturated carbocycles. The Labute approximate surface area is 125 Å². The molecule has 0 atom stereocenters. The number of carboxylic acids is 1. The maximum absolute atomic E-state index is 12.0. The van der Waals surface area contributed by atoms with E-state index in [9.17, 15) is 9.59 Å².